The van der Waals surface area contributed by atoms with Gasteiger partial charge in [-0.3, -0.25) is 4.79 Å². The number of nitrogens with one attached hydrogen (secondary N) is 3. The highest BCUT2D eigenvalue weighted by Gasteiger charge is 2.22. The fourth-order valence-electron chi connectivity index (χ4n) is 3.79. The van der Waals surface area contributed by atoms with Crippen LogP contribution in [0.15, 0.2) is 59.5 Å². The third-order valence-electron chi connectivity index (χ3n) is 5.62. The molecule has 188 valence electrons. The highest BCUT2D eigenvalue weighted by molar-refractivity contribution is 7.98. The van der Waals surface area contributed by atoms with Crippen molar-refractivity contribution in [3.8, 4) is 11.4 Å². The van der Waals surface area contributed by atoms with Crippen LogP contribution in [0, 0.1) is 0 Å². The van der Waals surface area contributed by atoms with Crippen molar-refractivity contribution >= 4 is 40.9 Å². The fourth-order valence-corrected chi connectivity index (χ4v) is 4.58. The molecule has 1 aromatic heterocycles. The standard InChI is InChI=1S/C26H30N6O3S/c1-17-15-35-13-12-32(17)24-14-22(16-36-23-10-8-20(9-11-23)28-18(2)33)29-25(31-24)19-4-6-21(7-5-19)30-26(34)27-3/h4-11,14,17H,12-13,15-16H2,1-3H3,(H,28,33)(H2,27,30,34)/t17-/m1/s1. The molecule has 1 atom stereocenters. The van der Waals surface area contributed by atoms with Gasteiger partial charge in [0, 0.05) is 54.2 Å². The van der Waals surface area contributed by atoms with Crippen LogP contribution in [-0.2, 0) is 15.3 Å². The number of aromatic nitrogens is 2. The van der Waals surface area contributed by atoms with Gasteiger partial charge in [-0.2, -0.15) is 0 Å². The number of amides is 3. The third kappa shape index (κ3) is 6.73. The number of ether oxygens (including phenoxy) is 1. The zero-order chi connectivity index (χ0) is 25.5. The van der Waals surface area contributed by atoms with E-state index in [1.807, 2.05) is 54.6 Å². The predicted octanol–water partition coefficient (Wildman–Crippen LogP) is 4.37. The zero-order valence-corrected chi connectivity index (χ0v) is 21.4. The lowest BCUT2D eigenvalue weighted by molar-refractivity contribution is -0.114. The van der Waals surface area contributed by atoms with Crippen LogP contribution in [0.4, 0.5) is 22.0 Å². The molecular weight excluding hydrogens is 476 g/mol. The highest BCUT2D eigenvalue weighted by atomic mass is 32.2. The molecule has 0 unspecified atom stereocenters. The van der Waals surface area contributed by atoms with E-state index in [4.69, 9.17) is 14.7 Å². The SMILES string of the molecule is CNC(=O)Nc1ccc(-c2nc(CSc3ccc(NC(C)=O)cc3)cc(N3CCOC[C@H]3C)n2)cc1. The van der Waals surface area contributed by atoms with Crippen molar-refractivity contribution in [2.45, 2.75) is 30.5 Å². The van der Waals surface area contributed by atoms with Crippen LogP contribution in [0.3, 0.4) is 0 Å². The number of hydrogen-bond donors (Lipinski definition) is 3. The van der Waals surface area contributed by atoms with Crippen molar-refractivity contribution in [2.75, 3.05) is 42.3 Å². The second-order valence-corrected chi connectivity index (χ2v) is 9.48. The number of thioether (sulfide) groups is 1. The van der Waals surface area contributed by atoms with Crippen LogP contribution in [0.25, 0.3) is 11.4 Å². The van der Waals surface area contributed by atoms with Crippen molar-refractivity contribution in [3.63, 3.8) is 0 Å². The van der Waals surface area contributed by atoms with Crippen LogP contribution in [-0.4, -0.2) is 54.8 Å². The van der Waals surface area contributed by atoms with Crippen molar-refractivity contribution < 1.29 is 14.3 Å². The van der Waals surface area contributed by atoms with Crippen LogP contribution in [0.1, 0.15) is 19.5 Å². The molecule has 0 spiro atoms. The van der Waals surface area contributed by atoms with E-state index < -0.39 is 0 Å². The Morgan fingerprint density at radius 1 is 1.06 bits per heavy atom. The summed E-state index contributed by atoms with van der Waals surface area (Å²) in [5, 5.41) is 8.09. The van der Waals surface area contributed by atoms with Crippen LogP contribution >= 0.6 is 11.8 Å². The van der Waals surface area contributed by atoms with Crippen molar-refractivity contribution in [1.29, 1.82) is 0 Å². The molecule has 0 aliphatic carbocycles. The minimum absolute atomic E-state index is 0.0915. The van der Waals surface area contributed by atoms with Crippen LogP contribution < -0.4 is 20.9 Å². The molecule has 2 heterocycles. The lowest BCUT2D eigenvalue weighted by atomic mass is 10.2. The Kier molecular flexibility index (Phi) is 8.40. The van der Waals surface area contributed by atoms with E-state index in [2.05, 4.69) is 27.8 Å². The topological polar surface area (TPSA) is 108 Å². The molecule has 10 heteroatoms. The molecule has 0 radical (unpaired) electrons. The minimum atomic E-state index is -0.272. The molecule has 3 amide bonds. The lowest BCUT2D eigenvalue weighted by Gasteiger charge is -2.34. The quantitative estimate of drug-likeness (QED) is 0.408. The van der Waals surface area contributed by atoms with E-state index in [9.17, 15) is 9.59 Å². The van der Waals surface area contributed by atoms with Gasteiger partial charge in [-0.15, -0.1) is 11.8 Å². The molecule has 0 saturated carbocycles. The van der Waals surface area contributed by atoms with Crippen molar-refractivity contribution in [1.82, 2.24) is 15.3 Å². The molecule has 1 saturated heterocycles. The van der Waals surface area contributed by atoms with E-state index in [1.54, 1.807) is 18.8 Å². The molecule has 36 heavy (non-hydrogen) atoms. The smallest absolute Gasteiger partial charge is 0.318 e. The summed E-state index contributed by atoms with van der Waals surface area (Å²) in [4.78, 5) is 35.9. The van der Waals surface area contributed by atoms with Gasteiger partial charge in [0.05, 0.1) is 24.9 Å². The maximum atomic E-state index is 11.6. The van der Waals surface area contributed by atoms with E-state index >= 15 is 0 Å². The summed E-state index contributed by atoms with van der Waals surface area (Å²) in [6.07, 6.45) is 0. The van der Waals surface area contributed by atoms with Crippen molar-refractivity contribution in [3.05, 3.63) is 60.3 Å². The summed E-state index contributed by atoms with van der Waals surface area (Å²) in [7, 11) is 1.58. The summed E-state index contributed by atoms with van der Waals surface area (Å²) in [5.41, 5.74) is 3.24. The van der Waals surface area contributed by atoms with Gasteiger partial charge in [-0.1, -0.05) is 0 Å². The van der Waals surface area contributed by atoms with Gasteiger partial charge in [0.25, 0.3) is 0 Å². The Bertz CT molecular complexity index is 1200. The van der Waals surface area contributed by atoms with E-state index in [1.165, 1.54) is 6.92 Å². The molecular formula is C26H30N6O3S. The number of benzene rings is 2. The van der Waals surface area contributed by atoms with Gasteiger partial charge < -0.3 is 25.6 Å². The Morgan fingerprint density at radius 3 is 2.42 bits per heavy atom. The molecule has 1 aliphatic rings. The number of hydrogen-bond acceptors (Lipinski definition) is 7. The van der Waals surface area contributed by atoms with E-state index in [0.29, 0.717) is 30.5 Å². The molecule has 4 rings (SSSR count). The summed E-state index contributed by atoms with van der Waals surface area (Å²) < 4.78 is 5.62. The van der Waals surface area contributed by atoms with Gasteiger partial charge in [-0.25, -0.2) is 14.8 Å². The Balaban J connectivity index is 1.57. The first-order valence-corrected chi connectivity index (χ1v) is 12.7. The Labute approximate surface area is 215 Å². The first-order valence-electron chi connectivity index (χ1n) is 11.7. The maximum absolute atomic E-state index is 11.6. The van der Waals surface area contributed by atoms with Gasteiger partial charge in [0.1, 0.15) is 5.82 Å². The number of carbonyl (C=O) groups is 2. The predicted molar refractivity (Wildman–Crippen MR) is 143 cm³/mol. The molecule has 1 aliphatic heterocycles. The summed E-state index contributed by atoms with van der Waals surface area (Å²) in [5.74, 6) is 2.08. The average Bonchev–Trinajstić information content (AvgIpc) is 2.88. The molecule has 3 aromatic rings. The molecule has 9 nitrogen and oxygen atoms in total. The molecule has 0 bridgehead atoms. The fraction of sp³-hybridized carbons (Fsp3) is 0.308. The summed E-state index contributed by atoms with van der Waals surface area (Å²) >= 11 is 1.67. The monoisotopic (exact) mass is 506 g/mol. The second kappa shape index (κ2) is 11.9. The maximum Gasteiger partial charge on any atom is 0.318 e. The first kappa shape index (κ1) is 25.5. The van der Waals surface area contributed by atoms with Crippen LogP contribution in [0.5, 0.6) is 0 Å². The van der Waals surface area contributed by atoms with Gasteiger partial charge in [0.15, 0.2) is 5.82 Å². The second-order valence-electron chi connectivity index (χ2n) is 8.43. The third-order valence-corrected chi connectivity index (χ3v) is 6.66. The summed E-state index contributed by atoms with van der Waals surface area (Å²) in [6, 6.07) is 17.2. The molecule has 3 N–H and O–H groups in total. The highest BCUT2D eigenvalue weighted by Crippen LogP contribution is 2.28. The normalized spacial score (nSPS) is 15.3. The van der Waals surface area contributed by atoms with Crippen LogP contribution in [0.2, 0.25) is 0 Å². The van der Waals surface area contributed by atoms with E-state index in [0.717, 1.165) is 34.2 Å². The zero-order valence-electron chi connectivity index (χ0n) is 20.6. The molecule has 2 aromatic carbocycles. The van der Waals surface area contributed by atoms with Gasteiger partial charge in [-0.05, 0) is 55.5 Å². The number of morpholine rings is 1. The van der Waals surface area contributed by atoms with E-state index in [-0.39, 0.29) is 18.0 Å². The van der Waals surface area contributed by atoms with Gasteiger partial charge in [0.2, 0.25) is 5.91 Å². The molecule has 1 fully saturated rings. The minimum Gasteiger partial charge on any atom is -0.377 e. The lowest BCUT2D eigenvalue weighted by Crippen LogP contribution is -2.44. The largest absolute Gasteiger partial charge is 0.377 e. The Morgan fingerprint density at radius 2 is 1.75 bits per heavy atom. The first-order chi connectivity index (χ1) is 17.4. The number of anilines is 3. The Hall–Kier alpha value is -3.63. The average molecular weight is 507 g/mol. The number of rotatable bonds is 7. The number of urea groups is 1. The summed E-state index contributed by atoms with van der Waals surface area (Å²) in [6.45, 7) is 5.71. The number of nitrogens with zero attached hydrogens (tertiary/aromatic N) is 3. The van der Waals surface area contributed by atoms with Gasteiger partial charge >= 0.3 is 6.03 Å². The van der Waals surface area contributed by atoms with Crippen molar-refractivity contribution in [2.24, 2.45) is 0 Å². The number of carbonyl (C=O) groups excluding carboxylic acids is 2.